The summed E-state index contributed by atoms with van der Waals surface area (Å²) in [7, 11) is 0. The van der Waals surface area contributed by atoms with E-state index in [1.54, 1.807) is 0 Å². The number of fused-ring (bicyclic) bond motifs is 1. The maximum Gasteiger partial charge on any atom is 0.424 e. The van der Waals surface area contributed by atoms with Gasteiger partial charge in [-0.15, -0.1) is 0 Å². The number of nitrogens with zero attached hydrogens (tertiary/aromatic N) is 1. The molecule has 0 spiro atoms. The Kier molecular flexibility index (Phi) is 5.65. The van der Waals surface area contributed by atoms with E-state index in [9.17, 15) is 35.8 Å². The molecule has 4 rings (SSSR count). The molecule has 1 aliphatic heterocycles. The smallest absolute Gasteiger partial charge is 0.424 e. The standard InChI is InChI=1S/C23H14F7NO2/c24-15-4-1-12(2-5-15)21-16-6-3-14(9-13(16)10-31-21)22(32,23(28,29)30)11-33-18-8-7-17(25)19(26)20(18)27/h1-10,21,32H,11H2. The SMILES string of the molecule is OC(COc1ccc(F)c(F)c1F)(c1ccc2c(c1)C=NC2c1ccc(F)cc1)C(F)(F)F. The molecule has 0 saturated carbocycles. The first kappa shape index (κ1) is 22.8. The van der Waals surface area contributed by atoms with E-state index >= 15 is 0 Å². The minimum absolute atomic E-state index is 0.281. The number of hydrogen-bond donors (Lipinski definition) is 1. The number of ether oxygens (including phenoxy) is 1. The second-order valence-corrected chi connectivity index (χ2v) is 7.40. The summed E-state index contributed by atoms with van der Waals surface area (Å²) in [5, 5.41) is 10.5. The molecular weight excluding hydrogens is 455 g/mol. The molecule has 0 saturated heterocycles. The zero-order valence-electron chi connectivity index (χ0n) is 16.5. The van der Waals surface area contributed by atoms with Crippen molar-refractivity contribution in [1.29, 1.82) is 0 Å². The van der Waals surface area contributed by atoms with Crippen LogP contribution >= 0.6 is 0 Å². The lowest BCUT2D eigenvalue weighted by Crippen LogP contribution is -2.47. The van der Waals surface area contributed by atoms with Crippen molar-refractivity contribution in [2.45, 2.75) is 17.8 Å². The van der Waals surface area contributed by atoms with E-state index in [1.165, 1.54) is 36.5 Å². The minimum atomic E-state index is -5.26. The number of aliphatic imine (C=N–C) groups is 1. The summed E-state index contributed by atoms with van der Waals surface area (Å²) in [6.45, 7) is -1.52. The Morgan fingerprint density at radius 1 is 0.879 bits per heavy atom. The first-order valence-corrected chi connectivity index (χ1v) is 9.50. The molecule has 0 fully saturated rings. The topological polar surface area (TPSA) is 41.8 Å². The van der Waals surface area contributed by atoms with Crippen molar-refractivity contribution in [3.05, 3.63) is 100 Å². The van der Waals surface area contributed by atoms with Gasteiger partial charge >= 0.3 is 6.18 Å². The number of aliphatic hydroxyl groups is 1. The zero-order chi connectivity index (χ0) is 24.0. The summed E-state index contributed by atoms with van der Waals surface area (Å²) >= 11 is 0. The molecule has 0 bridgehead atoms. The van der Waals surface area contributed by atoms with Gasteiger partial charge in [0.15, 0.2) is 17.4 Å². The van der Waals surface area contributed by atoms with Crippen molar-refractivity contribution in [2.24, 2.45) is 4.99 Å². The number of rotatable bonds is 5. The highest BCUT2D eigenvalue weighted by atomic mass is 19.4. The molecule has 2 unspecified atom stereocenters. The van der Waals surface area contributed by atoms with Gasteiger partial charge in [-0.1, -0.05) is 24.3 Å². The van der Waals surface area contributed by atoms with Crippen molar-refractivity contribution in [1.82, 2.24) is 0 Å². The Morgan fingerprint density at radius 3 is 2.24 bits per heavy atom. The lowest BCUT2D eigenvalue weighted by Gasteiger charge is -2.31. The molecule has 10 heteroatoms. The third kappa shape index (κ3) is 4.06. The highest BCUT2D eigenvalue weighted by Crippen LogP contribution is 2.42. The number of benzene rings is 3. The van der Waals surface area contributed by atoms with Gasteiger partial charge < -0.3 is 9.84 Å². The fourth-order valence-electron chi connectivity index (χ4n) is 3.47. The highest BCUT2D eigenvalue weighted by Gasteiger charge is 2.56. The quantitative estimate of drug-likeness (QED) is 0.391. The van der Waals surface area contributed by atoms with Crippen LogP contribution in [0.3, 0.4) is 0 Å². The van der Waals surface area contributed by atoms with Crippen LogP contribution in [0.15, 0.2) is 59.6 Å². The third-order valence-electron chi connectivity index (χ3n) is 5.31. The van der Waals surface area contributed by atoms with Crippen molar-refractivity contribution in [3.63, 3.8) is 0 Å². The Morgan fingerprint density at radius 2 is 1.58 bits per heavy atom. The van der Waals surface area contributed by atoms with Crippen molar-refractivity contribution in [3.8, 4) is 5.75 Å². The van der Waals surface area contributed by atoms with E-state index in [2.05, 4.69) is 4.99 Å². The second kappa shape index (κ2) is 8.18. The molecule has 1 N–H and O–H groups in total. The zero-order valence-corrected chi connectivity index (χ0v) is 16.5. The Bertz CT molecular complexity index is 1220. The van der Waals surface area contributed by atoms with Crippen LogP contribution in [-0.4, -0.2) is 24.1 Å². The van der Waals surface area contributed by atoms with Crippen LogP contribution in [0, 0.1) is 23.3 Å². The monoisotopic (exact) mass is 469 g/mol. The predicted octanol–water partition coefficient (Wildman–Crippen LogP) is 5.59. The Labute approximate surface area is 182 Å². The Balaban J connectivity index is 1.65. The van der Waals surface area contributed by atoms with E-state index in [1.807, 2.05) is 0 Å². The normalized spacial score (nSPS) is 17.0. The molecule has 2 atom stereocenters. The van der Waals surface area contributed by atoms with Crippen LogP contribution in [0.2, 0.25) is 0 Å². The summed E-state index contributed by atoms with van der Waals surface area (Å²) < 4.78 is 99.6. The van der Waals surface area contributed by atoms with E-state index in [-0.39, 0.29) is 5.56 Å². The summed E-state index contributed by atoms with van der Waals surface area (Å²) in [4.78, 5) is 4.24. The van der Waals surface area contributed by atoms with Gasteiger partial charge in [0, 0.05) is 6.21 Å². The van der Waals surface area contributed by atoms with Gasteiger partial charge in [0.2, 0.25) is 11.4 Å². The van der Waals surface area contributed by atoms with Gasteiger partial charge in [-0.2, -0.15) is 17.6 Å². The average molecular weight is 469 g/mol. The largest absolute Gasteiger partial charge is 0.487 e. The van der Waals surface area contributed by atoms with Crippen LogP contribution in [0.1, 0.15) is 28.3 Å². The van der Waals surface area contributed by atoms with E-state index in [0.29, 0.717) is 23.3 Å². The first-order valence-electron chi connectivity index (χ1n) is 9.50. The van der Waals surface area contributed by atoms with E-state index in [4.69, 9.17) is 4.74 Å². The molecule has 3 aromatic carbocycles. The fraction of sp³-hybridized carbons (Fsp3) is 0.174. The molecule has 0 radical (unpaired) electrons. The minimum Gasteiger partial charge on any atom is -0.487 e. The van der Waals surface area contributed by atoms with Gasteiger partial charge in [0.1, 0.15) is 18.5 Å². The van der Waals surface area contributed by atoms with Gasteiger partial charge in [-0.05, 0) is 52.6 Å². The third-order valence-corrected chi connectivity index (χ3v) is 5.31. The number of hydrogen-bond acceptors (Lipinski definition) is 3. The summed E-state index contributed by atoms with van der Waals surface area (Å²) in [6, 6.07) is 9.40. The lowest BCUT2D eigenvalue weighted by molar-refractivity contribution is -0.275. The Hall–Kier alpha value is -3.40. The summed E-state index contributed by atoms with van der Waals surface area (Å²) in [5.74, 6) is -6.72. The van der Waals surface area contributed by atoms with Crippen LogP contribution in [0.25, 0.3) is 0 Å². The van der Waals surface area contributed by atoms with Gasteiger partial charge in [-0.3, -0.25) is 4.99 Å². The van der Waals surface area contributed by atoms with Crippen LogP contribution < -0.4 is 4.74 Å². The molecule has 0 aliphatic carbocycles. The summed E-state index contributed by atoms with van der Waals surface area (Å²) in [6.07, 6.45) is -3.94. The highest BCUT2D eigenvalue weighted by molar-refractivity contribution is 5.86. The lowest BCUT2D eigenvalue weighted by atomic mass is 9.89. The molecule has 1 heterocycles. The molecule has 3 aromatic rings. The van der Waals surface area contributed by atoms with Gasteiger partial charge in [0.05, 0.1) is 0 Å². The average Bonchev–Trinajstić information content (AvgIpc) is 3.20. The van der Waals surface area contributed by atoms with E-state index in [0.717, 1.165) is 12.1 Å². The van der Waals surface area contributed by atoms with Crippen LogP contribution in [0.4, 0.5) is 30.7 Å². The second-order valence-electron chi connectivity index (χ2n) is 7.40. The van der Waals surface area contributed by atoms with Crippen LogP contribution in [0.5, 0.6) is 5.75 Å². The number of alkyl halides is 3. The summed E-state index contributed by atoms with van der Waals surface area (Å²) in [5.41, 5.74) is -2.79. The molecule has 33 heavy (non-hydrogen) atoms. The molecule has 0 amide bonds. The van der Waals surface area contributed by atoms with Crippen molar-refractivity contribution < 1.29 is 40.6 Å². The van der Waals surface area contributed by atoms with Crippen molar-refractivity contribution >= 4 is 6.21 Å². The van der Waals surface area contributed by atoms with Gasteiger partial charge in [-0.25, -0.2) is 13.2 Å². The first-order chi connectivity index (χ1) is 15.5. The number of halogens is 7. The maximum atomic E-state index is 13.8. The fourth-order valence-corrected chi connectivity index (χ4v) is 3.47. The molecule has 3 nitrogen and oxygen atoms in total. The van der Waals surface area contributed by atoms with E-state index < -0.39 is 59.0 Å². The molecular formula is C23H14F7NO2. The van der Waals surface area contributed by atoms with Crippen LogP contribution in [-0.2, 0) is 5.60 Å². The molecule has 1 aliphatic rings. The van der Waals surface area contributed by atoms with Crippen molar-refractivity contribution in [2.75, 3.05) is 6.61 Å². The van der Waals surface area contributed by atoms with Gasteiger partial charge in [0.25, 0.3) is 0 Å². The predicted molar refractivity (Wildman–Crippen MR) is 104 cm³/mol. The maximum absolute atomic E-state index is 13.8. The molecule has 0 aromatic heterocycles. The molecule has 172 valence electrons.